The highest BCUT2D eigenvalue weighted by Crippen LogP contribution is 2.18. The third kappa shape index (κ3) is 6.89. The standard InChI is InChI=1S/C23H19N3O7/c1-31-19-9-11-20(12-10-19)32-15-22(27)25-24-14-16-3-2-4-21(13-16)33-23(28)17-5-7-18(8-6-17)26(29)30/h2-14H,15H2,1H3,(H,25,27). The number of hydrogen-bond acceptors (Lipinski definition) is 8. The molecule has 1 N–H and O–H groups in total. The van der Waals surface area contributed by atoms with Gasteiger partial charge >= 0.3 is 5.97 Å². The highest BCUT2D eigenvalue weighted by atomic mass is 16.6. The van der Waals surface area contributed by atoms with E-state index >= 15 is 0 Å². The second-order valence-corrected chi connectivity index (χ2v) is 6.52. The minimum atomic E-state index is -0.664. The van der Waals surface area contributed by atoms with E-state index in [2.05, 4.69) is 10.5 Å². The van der Waals surface area contributed by atoms with Gasteiger partial charge < -0.3 is 14.2 Å². The molecule has 0 spiro atoms. The van der Waals surface area contributed by atoms with Crippen LogP contribution in [0.1, 0.15) is 15.9 Å². The fourth-order valence-corrected chi connectivity index (χ4v) is 2.58. The second kappa shape index (κ2) is 11.0. The van der Waals surface area contributed by atoms with Gasteiger partial charge in [0.2, 0.25) is 0 Å². The van der Waals surface area contributed by atoms with E-state index < -0.39 is 16.8 Å². The maximum absolute atomic E-state index is 12.2. The SMILES string of the molecule is COc1ccc(OCC(=O)NN=Cc2cccc(OC(=O)c3ccc([N+](=O)[O-])cc3)c2)cc1. The zero-order valence-electron chi connectivity index (χ0n) is 17.5. The van der Waals surface area contributed by atoms with Gasteiger partial charge in [-0.25, -0.2) is 10.2 Å². The van der Waals surface area contributed by atoms with Crippen LogP contribution >= 0.6 is 0 Å². The number of nitrogens with zero attached hydrogens (tertiary/aromatic N) is 2. The Hall–Kier alpha value is -4.73. The van der Waals surface area contributed by atoms with E-state index in [1.165, 1.54) is 30.5 Å². The van der Waals surface area contributed by atoms with Crippen LogP contribution in [0.3, 0.4) is 0 Å². The largest absolute Gasteiger partial charge is 0.497 e. The minimum absolute atomic E-state index is 0.124. The number of nitrogens with one attached hydrogen (secondary N) is 1. The monoisotopic (exact) mass is 449 g/mol. The maximum Gasteiger partial charge on any atom is 0.343 e. The first-order chi connectivity index (χ1) is 15.9. The van der Waals surface area contributed by atoms with Crippen LogP contribution < -0.4 is 19.6 Å². The summed E-state index contributed by atoms with van der Waals surface area (Å²) in [6.07, 6.45) is 1.38. The molecule has 3 aromatic carbocycles. The van der Waals surface area contributed by atoms with E-state index in [0.29, 0.717) is 17.1 Å². The molecule has 3 aromatic rings. The number of hydrazone groups is 1. The number of nitro groups is 1. The number of hydrogen-bond donors (Lipinski definition) is 1. The van der Waals surface area contributed by atoms with Gasteiger partial charge in [-0.1, -0.05) is 12.1 Å². The molecule has 0 aliphatic heterocycles. The van der Waals surface area contributed by atoms with Crippen molar-refractivity contribution < 1.29 is 28.7 Å². The fourth-order valence-electron chi connectivity index (χ4n) is 2.58. The predicted octanol–water partition coefficient (Wildman–Crippen LogP) is 3.35. The average molecular weight is 449 g/mol. The third-order valence-corrected chi connectivity index (χ3v) is 4.21. The van der Waals surface area contributed by atoms with Gasteiger partial charge in [-0.3, -0.25) is 14.9 Å². The Bertz CT molecular complexity index is 1160. The van der Waals surface area contributed by atoms with Crippen LogP contribution in [0, 0.1) is 10.1 Å². The smallest absolute Gasteiger partial charge is 0.343 e. The number of amides is 1. The molecular formula is C23H19N3O7. The Labute approximate surface area is 188 Å². The fraction of sp³-hybridized carbons (Fsp3) is 0.0870. The summed E-state index contributed by atoms with van der Waals surface area (Å²) in [5.74, 6) is 0.316. The number of carbonyl (C=O) groups excluding carboxylic acids is 2. The number of esters is 1. The molecule has 0 saturated carbocycles. The average Bonchev–Trinajstić information content (AvgIpc) is 2.83. The van der Waals surface area contributed by atoms with Gasteiger partial charge in [0.15, 0.2) is 6.61 Å². The normalized spacial score (nSPS) is 10.5. The van der Waals surface area contributed by atoms with Crippen LogP contribution in [0.2, 0.25) is 0 Å². The molecule has 10 heteroatoms. The molecule has 0 aliphatic carbocycles. The molecule has 0 saturated heterocycles. The molecule has 10 nitrogen and oxygen atoms in total. The summed E-state index contributed by atoms with van der Waals surface area (Å²) < 4.78 is 15.7. The van der Waals surface area contributed by atoms with Crippen molar-refractivity contribution in [2.75, 3.05) is 13.7 Å². The number of methoxy groups -OCH3 is 1. The molecule has 3 rings (SSSR count). The Kier molecular flexibility index (Phi) is 7.68. The van der Waals surface area contributed by atoms with Crippen LogP contribution in [0.4, 0.5) is 5.69 Å². The maximum atomic E-state index is 12.2. The summed E-state index contributed by atoms with van der Waals surface area (Å²) in [5, 5.41) is 14.6. The molecule has 168 valence electrons. The molecule has 0 bridgehead atoms. The summed E-state index contributed by atoms with van der Waals surface area (Å²) in [6, 6.07) is 18.3. The minimum Gasteiger partial charge on any atom is -0.497 e. The number of carbonyl (C=O) groups is 2. The van der Waals surface area contributed by atoms with E-state index in [1.54, 1.807) is 55.6 Å². The van der Waals surface area contributed by atoms with Crippen molar-refractivity contribution in [3.63, 3.8) is 0 Å². The van der Waals surface area contributed by atoms with Gasteiger partial charge in [-0.05, 0) is 54.1 Å². The third-order valence-electron chi connectivity index (χ3n) is 4.21. The lowest BCUT2D eigenvalue weighted by Crippen LogP contribution is -2.24. The first kappa shape index (κ1) is 22.9. The Balaban J connectivity index is 1.50. The first-order valence-corrected chi connectivity index (χ1v) is 9.60. The van der Waals surface area contributed by atoms with Crippen molar-refractivity contribution in [2.24, 2.45) is 5.10 Å². The number of non-ortho nitro benzene ring substituents is 1. The zero-order chi connectivity index (χ0) is 23.6. The van der Waals surface area contributed by atoms with Crippen LogP contribution in [-0.4, -0.2) is 36.7 Å². The van der Waals surface area contributed by atoms with Gasteiger partial charge in [0.1, 0.15) is 17.2 Å². The zero-order valence-corrected chi connectivity index (χ0v) is 17.5. The molecular weight excluding hydrogens is 430 g/mol. The van der Waals surface area contributed by atoms with Crippen LogP contribution in [0.15, 0.2) is 77.9 Å². The topological polar surface area (TPSA) is 129 Å². The van der Waals surface area contributed by atoms with Gasteiger partial charge in [0.05, 0.1) is 23.8 Å². The number of benzene rings is 3. The Morgan fingerprint density at radius 2 is 1.70 bits per heavy atom. The first-order valence-electron chi connectivity index (χ1n) is 9.60. The van der Waals surface area contributed by atoms with Crippen molar-refractivity contribution in [1.29, 1.82) is 0 Å². The van der Waals surface area contributed by atoms with Crippen LogP contribution in [0.25, 0.3) is 0 Å². The Morgan fingerprint density at radius 1 is 1.00 bits per heavy atom. The molecule has 0 fully saturated rings. The summed E-state index contributed by atoms with van der Waals surface area (Å²) in [7, 11) is 1.56. The Morgan fingerprint density at radius 3 is 2.36 bits per heavy atom. The summed E-state index contributed by atoms with van der Waals surface area (Å²) in [4.78, 5) is 34.3. The van der Waals surface area contributed by atoms with Crippen LogP contribution in [0.5, 0.6) is 17.2 Å². The second-order valence-electron chi connectivity index (χ2n) is 6.52. The molecule has 0 unspecified atom stereocenters. The van der Waals surface area contributed by atoms with E-state index in [9.17, 15) is 19.7 Å². The van der Waals surface area contributed by atoms with E-state index in [-0.39, 0.29) is 23.6 Å². The van der Waals surface area contributed by atoms with E-state index in [1.807, 2.05) is 0 Å². The number of rotatable bonds is 9. The molecule has 33 heavy (non-hydrogen) atoms. The van der Waals surface area contributed by atoms with Gasteiger partial charge in [-0.2, -0.15) is 5.10 Å². The summed E-state index contributed by atoms with van der Waals surface area (Å²) >= 11 is 0. The molecule has 0 radical (unpaired) electrons. The van der Waals surface area contributed by atoms with E-state index in [4.69, 9.17) is 14.2 Å². The van der Waals surface area contributed by atoms with Gasteiger partial charge in [-0.15, -0.1) is 0 Å². The van der Waals surface area contributed by atoms with Crippen molar-refractivity contribution in [3.8, 4) is 17.2 Å². The molecule has 0 aromatic heterocycles. The molecule has 1 amide bonds. The molecule has 0 aliphatic rings. The summed E-state index contributed by atoms with van der Waals surface area (Å²) in [6.45, 7) is -0.226. The van der Waals surface area contributed by atoms with Crippen molar-refractivity contribution in [1.82, 2.24) is 5.43 Å². The van der Waals surface area contributed by atoms with Crippen LogP contribution in [-0.2, 0) is 4.79 Å². The van der Waals surface area contributed by atoms with Crippen molar-refractivity contribution in [2.45, 2.75) is 0 Å². The quantitative estimate of drug-likeness (QED) is 0.174. The highest BCUT2D eigenvalue weighted by Gasteiger charge is 2.11. The van der Waals surface area contributed by atoms with Crippen molar-refractivity contribution in [3.05, 3.63) is 94.0 Å². The summed E-state index contributed by atoms with van der Waals surface area (Å²) in [5.41, 5.74) is 2.96. The van der Waals surface area contributed by atoms with Gasteiger partial charge in [0.25, 0.3) is 11.6 Å². The lowest BCUT2D eigenvalue weighted by molar-refractivity contribution is -0.384. The lowest BCUT2D eigenvalue weighted by atomic mass is 10.2. The van der Waals surface area contributed by atoms with Crippen molar-refractivity contribution >= 4 is 23.8 Å². The van der Waals surface area contributed by atoms with E-state index in [0.717, 1.165) is 0 Å². The molecule has 0 atom stereocenters. The molecule has 0 heterocycles. The predicted molar refractivity (Wildman–Crippen MR) is 119 cm³/mol. The highest BCUT2D eigenvalue weighted by molar-refractivity contribution is 5.91. The lowest BCUT2D eigenvalue weighted by Gasteiger charge is -2.06. The number of ether oxygens (including phenoxy) is 3. The number of nitro benzene ring substituents is 1. The van der Waals surface area contributed by atoms with Gasteiger partial charge in [0, 0.05) is 12.1 Å².